The molecule has 0 aliphatic carbocycles. The summed E-state index contributed by atoms with van der Waals surface area (Å²) in [5.74, 6) is -0.211. The van der Waals surface area contributed by atoms with E-state index < -0.39 is 6.10 Å². The molecule has 0 saturated carbocycles. The summed E-state index contributed by atoms with van der Waals surface area (Å²) in [6.45, 7) is 3.00. The van der Waals surface area contributed by atoms with Crippen LogP contribution >= 0.6 is 0 Å². The van der Waals surface area contributed by atoms with Gasteiger partial charge in [0.05, 0.1) is 6.61 Å². The molecule has 0 N–H and O–H groups in total. The van der Waals surface area contributed by atoms with Crippen molar-refractivity contribution in [3.63, 3.8) is 0 Å². The van der Waals surface area contributed by atoms with E-state index in [1.165, 1.54) is 38.5 Å². The molecule has 1 unspecified atom stereocenters. The number of cyclic esters (lactones) is 1. The Balaban J connectivity index is 2.24. The topological polar surface area (TPSA) is 35.5 Å². The Morgan fingerprint density at radius 2 is 1.38 bits per heavy atom. The Morgan fingerprint density at radius 1 is 0.875 bits per heavy atom. The summed E-state index contributed by atoms with van der Waals surface area (Å²) in [6.07, 6.45) is 9.22. The average molecular weight is 228 g/mol. The van der Waals surface area contributed by atoms with E-state index in [4.69, 9.17) is 9.47 Å². The van der Waals surface area contributed by atoms with Gasteiger partial charge in [0.25, 0.3) is 0 Å². The Bertz CT molecular complexity index is 192. The first-order valence-corrected chi connectivity index (χ1v) is 6.59. The normalized spacial score (nSPS) is 26.8. The molecule has 3 heteroatoms. The van der Waals surface area contributed by atoms with Crippen molar-refractivity contribution < 1.29 is 14.3 Å². The smallest absolute Gasteiger partial charge is 0.334 e. The van der Waals surface area contributed by atoms with E-state index in [0.29, 0.717) is 13.2 Å². The fraction of sp³-hybridized carbons (Fsp3) is 0.923. The molecule has 0 bridgehead atoms. The molecule has 16 heavy (non-hydrogen) atoms. The number of hydrogen-bond acceptors (Lipinski definition) is 3. The van der Waals surface area contributed by atoms with Crippen LogP contribution in [0.3, 0.4) is 0 Å². The molecule has 1 atom stereocenters. The second-order valence-electron chi connectivity index (χ2n) is 4.51. The van der Waals surface area contributed by atoms with Gasteiger partial charge in [-0.05, 0) is 19.8 Å². The molecule has 0 amide bonds. The SMILES string of the molecule is CC1OCCCCCCCCCCOC1=O. The summed E-state index contributed by atoms with van der Waals surface area (Å²) >= 11 is 0. The number of carbonyl (C=O) groups excluding carboxylic acids is 1. The van der Waals surface area contributed by atoms with Crippen molar-refractivity contribution in [1.82, 2.24) is 0 Å². The van der Waals surface area contributed by atoms with Gasteiger partial charge in [0, 0.05) is 6.61 Å². The quantitative estimate of drug-likeness (QED) is 0.598. The minimum absolute atomic E-state index is 0.211. The largest absolute Gasteiger partial charge is 0.464 e. The maximum absolute atomic E-state index is 11.4. The van der Waals surface area contributed by atoms with Gasteiger partial charge < -0.3 is 9.47 Å². The standard InChI is InChI=1S/C13H24O3/c1-12-13(14)16-11-9-7-5-3-2-4-6-8-10-15-12/h12H,2-11H2,1H3. The molecule has 1 fully saturated rings. The lowest BCUT2D eigenvalue weighted by atomic mass is 10.1. The first kappa shape index (κ1) is 13.5. The zero-order chi connectivity index (χ0) is 11.6. The van der Waals surface area contributed by atoms with Crippen molar-refractivity contribution in [1.29, 1.82) is 0 Å². The first-order valence-electron chi connectivity index (χ1n) is 6.59. The van der Waals surface area contributed by atoms with E-state index in [9.17, 15) is 4.79 Å². The van der Waals surface area contributed by atoms with Crippen LogP contribution in [0.5, 0.6) is 0 Å². The molecule has 0 aromatic carbocycles. The van der Waals surface area contributed by atoms with Gasteiger partial charge in [-0.3, -0.25) is 0 Å². The van der Waals surface area contributed by atoms with Crippen LogP contribution in [0.4, 0.5) is 0 Å². The highest BCUT2D eigenvalue weighted by molar-refractivity contribution is 5.74. The van der Waals surface area contributed by atoms with E-state index in [-0.39, 0.29) is 5.97 Å². The van der Waals surface area contributed by atoms with Crippen LogP contribution in [0, 0.1) is 0 Å². The van der Waals surface area contributed by atoms with Crippen LogP contribution in [-0.2, 0) is 14.3 Å². The zero-order valence-corrected chi connectivity index (χ0v) is 10.4. The molecule has 1 heterocycles. The molecular formula is C13H24O3. The van der Waals surface area contributed by atoms with Crippen molar-refractivity contribution in [3.05, 3.63) is 0 Å². The van der Waals surface area contributed by atoms with Gasteiger partial charge in [-0.1, -0.05) is 38.5 Å². The number of ether oxygens (including phenoxy) is 2. The van der Waals surface area contributed by atoms with E-state index in [2.05, 4.69) is 0 Å². The van der Waals surface area contributed by atoms with Crippen LogP contribution in [0.25, 0.3) is 0 Å². The van der Waals surface area contributed by atoms with Gasteiger partial charge in [0.2, 0.25) is 0 Å². The summed E-state index contributed by atoms with van der Waals surface area (Å²) in [5.41, 5.74) is 0. The summed E-state index contributed by atoms with van der Waals surface area (Å²) < 4.78 is 10.6. The molecule has 0 aromatic heterocycles. The molecule has 0 radical (unpaired) electrons. The summed E-state index contributed by atoms with van der Waals surface area (Å²) in [7, 11) is 0. The number of hydrogen-bond donors (Lipinski definition) is 0. The molecule has 1 rings (SSSR count). The van der Waals surface area contributed by atoms with Gasteiger partial charge in [0.1, 0.15) is 0 Å². The van der Waals surface area contributed by atoms with Crippen molar-refractivity contribution in [2.24, 2.45) is 0 Å². The average Bonchev–Trinajstić information content (AvgIpc) is 2.29. The van der Waals surface area contributed by atoms with Crippen molar-refractivity contribution in [3.8, 4) is 0 Å². The predicted molar refractivity (Wildman–Crippen MR) is 63.3 cm³/mol. The lowest BCUT2D eigenvalue weighted by molar-refractivity contribution is -0.156. The summed E-state index contributed by atoms with van der Waals surface area (Å²) in [5, 5.41) is 0. The van der Waals surface area contributed by atoms with Gasteiger partial charge >= 0.3 is 5.97 Å². The number of rotatable bonds is 0. The van der Waals surface area contributed by atoms with Crippen molar-refractivity contribution >= 4 is 5.97 Å². The number of carbonyl (C=O) groups is 1. The maximum atomic E-state index is 11.4. The molecule has 0 spiro atoms. The highest BCUT2D eigenvalue weighted by atomic mass is 16.6. The van der Waals surface area contributed by atoms with Crippen molar-refractivity contribution in [2.75, 3.05) is 13.2 Å². The van der Waals surface area contributed by atoms with Crippen LogP contribution in [-0.4, -0.2) is 25.3 Å². The van der Waals surface area contributed by atoms with Crippen LogP contribution < -0.4 is 0 Å². The third-order valence-corrected chi connectivity index (χ3v) is 2.98. The Hall–Kier alpha value is -0.570. The molecule has 1 aliphatic rings. The summed E-state index contributed by atoms with van der Waals surface area (Å²) in [4.78, 5) is 11.4. The molecular weight excluding hydrogens is 204 g/mol. The fourth-order valence-electron chi connectivity index (χ4n) is 1.88. The predicted octanol–water partition coefficient (Wildman–Crippen LogP) is 3.07. The Labute approximate surface area is 98.5 Å². The number of esters is 1. The van der Waals surface area contributed by atoms with Crippen molar-refractivity contribution in [2.45, 2.75) is 64.4 Å². The first-order chi connectivity index (χ1) is 7.80. The van der Waals surface area contributed by atoms with E-state index >= 15 is 0 Å². The van der Waals surface area contributed by atoms with Gasteiger partial charge in [-0.2, -0.15) is 0 Å². The third-order valence-electron chi connectivity index (χ3n) is 2.98. The summed E-state index contributed by atoms with van der Waals surface area (Å²) in [6, 6.07) is 0. The minimum atomic E-state index is -0.400. The third kappa shape index (κ3) is 6.11. The van der Waals surface area contributed by atoms with Gasteiger partial charge in [-0.25, -0.2) is 4.79 Å². The lowest BCUT2D eigenvalue weighted by Gasteiger charge is -2.13. The van der Waals surface area contributed by atoms with Gasteiger partial charge in [-0.15, -0.1) is 0 Å². The monoisotopic (exact) mass is 228 g/mol. The fourth-order valence-corrected chi connectivity index (χ4v) is 1.88. The molecule has 0 aromatic rings. The van der Waals surface area contributed by atoms with Crippen LogP contribution in [0.2, 0.25) is 0 Å². The Kier molecular flexibility index (Phi) is 7.23. The zero-order valence-electron chi connectivity index (χ0n) is 10.4. The lowest BCUT2D eigenvalue weighted by Crippen LogP contribution is -2.24. The molecule has 3 nitrogen and oxygen atoms in total. The molecule has 94 valence electrons. The molecule has 1 aliphatic heterocycles. The van der Waals surface area contributed by atoms with Crippen LogP contribution in [0.15, 0.2) is 0 Å². The highest BCUT2D eigenvalue weighted by Crippen LogP contribution is 2.10. The van der Waals surface area contributed by atoms with E-state index in [1.54, 1.807) is 6.92 Å². The molecule has 1 saturated heterocycles. The van der Waals surface area contributed by atoms with E-state index in [1.807, 2.05) is 0 Å². The van der Waals surface area contributed by atoms with Gasteiger partial charge in [0.15, 0.2) is 6.10 Å². The minimum Gasteiger partial charge on any atom is -0.464 e. The van der Waals surface area contributed by atoms with E-state index in [0.717, 1.165) is 12.8 Å². The van der Waals surface area contributed by atoms with Crippen LogP contribution in [0.1, 0.15) is 58.3 Å². The second-order valence-corrected chi connectivity index (χ2v) is 4.51. The Morgan fingerprint density at radius 3 is 2.00 bits per heavy atom. The maximum Gasteiger partial charge on any atom is 0.334 e. The highest BCUT2D eigenvalue weighted by Gasteiger charge is 2.14. The second kappa shape index (κ2) is 8.57.